The predicted octanol–water partition coefficient (Wildman–Crippen LogP) is 1.15. The molecule has 1 aromatic carbocycles. The van der Waals surface area contributed by atoms with Crippen LogP contribution in [0.25, 0.3) is 11.1 Å². The summed E-state index contributed by atoms with van der Waals surface area (Å²) in [6.07, 6.45) is 1.35. The second-order valence-electron chi connectivity index (χ2n) is 3.87. The summed E-state index contributed by atoms with van der Waals surface area (Å²) in [5.74, 6) is -0.802. The smallest absolute Gasteiger partial charge is 0.342 e. The van der Waals surface area contributed by atoms with Crippen LogP contribution in [0.1, 0.15) is 10.4 Å². The number of para-hydroxylation sites is 1. The van der Waals surface area contributed by atoms with Crippen LogP contribution in [0, 0.1) is 0 Å². The monoisotopic (exact) mass is 260 g/mol. The Morgan fingerprint density at radius 1 is 1.32 bits per heavy atom. The number of carboxylic acids is 1. The molecule has 0 bridgehead atoms. The molecule has 1 heterocycles. The van der Waals surface area contributed by atoms with Crippen LogP contribution < -0.4 is 10.3 Å². The van der Waals surface area contributed by atoms with Crippen LogP contribution in [0.15, 0.2) is 35.3 Å². The van der Waals surface area contributed by atoms with Crippen molar-refractivity contribution in [3.8, 4) is 16.9 Å². The zero-order chi connectivity index (χ0) is 14.0. The minimum absolute atomic E-state index is 0.244. The van der Waals surface area contributed by atoms with Crippen LogP contribution in [0.4, 0.5) is 0 Å². The van der Waals surface area contributed by atoms with E-state index in [4.69, 9.17) is 4.74 Å². The van der Waals surface area contributed by atoms with Gasteiger partial charge in [0.25, 0.3) is 5.56 Å². The number of ether oxygens (including phenoxy) is 1. The Morgan fingerprint density at radius 3 is 2.63 bits per heavy atom. The lowest BCUT2D eigenvalue weighted by Crippen LogP contribution is -2.27. The molecule has 0 amide bonds. The molecule has 0 aliphatic rings. The quantitative estimate of drug-likeness (QED) is 0.895. The molecule has 0 aliphatic carbocycles. The molecule has 0 unspecified atom stereocenters. The summed E-state index contributed by atoms with van der Waals surface area (Å²) < 4.78 is 6.16. The van der Waals surface area contributed by atoms with E-state index in [-0.39, 0.29) is 11.1 Å². The summed E-state index contributed by atoms with van der Waals surface area (Å²) in [6, 6.07) is 6.87. The van der Waals surface area contributed by atoms with Crippen LogP contribution >= 0.6 is 0 Å². The first-order valence-corrected chi connectivity index (χ1v) is 5.49. The minimum atomic E-state index is -1.29. The van der Waals surface area contributed by atoms with Gasteiger partial charge in [-0.05, 0) is 6.07 Å². The molecule has 98 valence electrons. The molecule has 0 radical (unpaired) electrons. The van der Waals surface area contributed by atoms with E-state index < -0.39 is 11.5 Å². The highest BCUT2D eigenvalue weighted by Crippen LogP contribution is 2.30. The van der Waals surface area contributed by atoms with Crippen molar-refractivity contribution >= 4 is 5.97 Å². The van der Waals surface area contributed by atoms with Gasteiger partial charge in [-0.2, -0.15) is 5.10 Å². The molecule has 19 heavy (non-hydrogen) atoms. The van der Waals surface area contributed by atoms with Gasteiger partial charge in [-0.15, -0.1) is 0 Å². The number of nitrogens with zero attached hydrogens (tertiary/aromatic N) is 2. The fourth-order valence-electron chi connectivity index (χ4n) is 1.82. The molecule has 0 aliphatic heterocycles. The maximum absolute atomic E-state index is 11.9. The summed E-state index contributed by atoms with van der Waals surface area (Å²) in [4.78, 5) is 23.2. The molecule has 1 N–H and O–H groups in total. The largest absolute Gasteiger partial charge is 0.496 e. The van der Waals surface area contributed by atoms with E-state index >= 15 is 0 Å². The Morgan fingerprint density at radius 2 is 2.00 bits per heavy atom. The summed E-state index contributed by atoms with van der Waals surface area (Å²) in [6.45, 7) is 0. The van der Waals surface area contributed by atoms with E-state index in [1.54, 1.807) is 24.3 Å². The van der Waals surface area contributed by atoms with Gasteiger partial charge in [-0.3, -0.25) is 4.79 Å². The van der Waals surface area contributed by atoms with E-state index in [9.17, 15) is 14.7 Å². The number of carboxylic acid groups (broad SMARTS) is 1. The third-order valence-electron chi connectivity index (χ3n) is 2.75. The van der Waals surface area contributed by atoms with Crippen molar-refractivity contribution in [2.75, 3.05) is 7.11 Å². The van der Waals surface area contributed by atoms with Gasteiger partial charge in [0.2, 0.25) is 0 Å². The van der Waals surface area contributed by atoms with Gasteiger partial charge in [0.05, 0.1) is 13.3 Å². The fourth-order valence-corrected chi connectivity index (χ4v) is 1.82. The normalized spacial score (nSPS) is 10.2. The second kappa shape index (κ2) is 4.93. The second-order valence-corrected chi connectivity index (χ2v) is 3.87. The van der Waals surface area contributed by atoms with Gasteiger partial charge in [0.1, 0.15) is 11.3 Å². The maximum atomic E-state index is 11.9. The third kappa shape index (κ3) is 2.20. The third-order valence-corrected chi connectivity index (χ3v) is 2.75. The van der Waals surface area contributed by atoms with Crippen LogP contribution in [0.5, 0.6) is 5.75 Å². The Kier molecular flexibility index (Phi) is 3.33. The molecule has 0 spiro atoms. The van der Waals surface area contributed by atoms with Gasteiger partial charge in [0, 0.05) is 18.2 Å². The fraction of sp³-hybridized carbons (Fsp3) is 0.154. The molecule has 0 saturated heterocycles. The molecular formula is C13H12N2O4. The standard InChI is InChI=1S/C13H12N2O4/c1-15-12(16)11(13(17)18)9(7-14-15)8-5-3-4-6-10(8)19-2/h3-7H,1-2H3,(H,17,18). The van der Waals surface area contributed by atoms with E-state index in [1.807, 2.05) is 0 Å². The molecule has 6 heteroatoms. The number of carbonyl (C=O) groups is 1. The van der Waals surface area contributed by atoms with Gasteiger partial charge < -0.3 is 9.84 Å². The highest BCUT2D eigenvalue weighted by Gasteiger charge is 2.20. The van der Waals surface area contributed by atoms with E-state index in [2.05, 4.69) is 5.10 Å². The van der Waals surface area contributed by atoms with Gasteiger partial charge in [-0.1, -0.05) is 18.2 Å². The molecule has 6 nitrogen and oxygen atoms in total. The molecule has 1 aromatic heterocycles. The predicted molar refractivity (Wildman–Crippen MR) is 68.4 cm³/mol. The lowest BCUT2D eigenvalue weighted by atomic mass is 10.0. The lowest BCUT2D eigenvalue weighted by molar-refractivity contribution is 0.0694. The number of methoxy groups -OCH3 is 1. The average molecular weight is 260 g/mol. The van der Waals surface area contributed by atoms with E-state index in [0.29, 0.717) is 11.3 Å². The summed E-state index contributed by atoms with van der Waals surface area (Å²) >= 11 is 0. The summed E-state index contributed by atoms with van der Waals surface area (Å²) in [5.41, 5.74) is -0.210. The van der Waals surface area contributed by atoms with Crippen LogP contribution in [-0.4, -0.2) is 28.0 Å². The highest BCUT2D eigenvalue weighted by atomic mass is 16.5. The van der Waals surface area contributed by atoms with Crippen LogP contribution in [0.3, 0.4) is 0 Å². The van der Waals surface area contributed by atoms with Crippen molar-refractivity contribution < 1.29 is 14.6 Å². The average Bonchev–Trinajstić information content (AvgIpc) is 2.41. The minimum Gasteiger partial charge on any atom is -0.496 e. The van der Waals surface area contributed by atoms with Crippen molar-refractivity contribution in [3.63, 3.8) is 0 Å². The Labute approximate surface area is 108 Å². The SMILES string of the molecule is COc1ccccc1-c1cnn(C)c(=O)c1C(=O)O. The van der Waals surface area contributed by atoms with Crippen molar-refractivity contribution in [2.24, 2.45) is 7.05 Å². The molecular weight excluding hydrogens is 248 g/mol. The first-order chi connectivity index (χ1) is 9.06. The maximum Gasteiger partial charge on any atom is 0.342 e. The van der Waals surface area contributed by atoms with Crippen molar-refractivity contribution in [1.29, 1.82) is 0 Å². The number of benzene rings is 1. The van der Waals surface area contributed by atoms with E-state index in [1.165, 1.54) is 20.4 Å². The van der Waals surface area contributed by atoms with Gasteiger partial charge in [-0.25, -0.2) is 9.48 Å². The topological polar surface area (TPSA) is 81.4 Å². The number of aromatic carboxylic acids is 1. The van der Waals surface area contributed by atoms with Gasteiger partial charge in [0.15, 0.2) is 0 Å². The number of aromatic nitrogens is 2. The van der Waals surface area contributed by atoms with E-state index in [0.717, 1.165) is 4.68 Å². The van der Waals surface area contributed by atoms with Crippen LogP contribution in [0.2, 0.25) is 0 Å². The van der Waals surface area contributed by atoms with Crippen molar-refractivity contribution in [1.82, 2.24) is 9.78 Å². The lowest BCUT2D eigenvalue weighted by Gasteiger charge is -2.10. The number of rotatable bonds is 3. The number of aryl methyl sites for hydroxylation is 1. The number of hydrogen-bond acceptors (Lipinski definition) is 4. The van der Waals surface area contributed by atoms with Crippen molar-refractivity contribution in [2.45, 2.75) is 0 Å². The molecule has 0 fully saturated rings. The van der Waals surface area contributed by atoms with Crippen molar-refractivity contribution in [3.05, 3.63) is 46.4 Å². The first-order valence-electron chi connectivity index (χ1n) is 5.49. The number of hydrogen-bond donors (Lipinski definition) is 1. The Balaban J connectivity index is 2.80. The molecule has 0 saturated carbocycles. The summed E-state index contributed by atoms with van der Waals surface area (Å²) in [7, 11) is 2.88. The zero-order valence-electron chi connectivity index (χ0n) is 10.5. The first kappa shape index (κ1) is 12.8. The highest BCUT2D eigenvalue weighted by molar-refractivity contribution is 5.96. The zero-order valence-corrected chi connectivity index (χ0v) is 10.5. The summed E-state index contributed by atoms with van der Waals surface area (Å²) in [5, 5.41) is 13.1. The molecule has 2 aromatic rings. The van der Waals surface area contributed by atoms with Gasteiger partial charge >= 0.3 is 5.97 Å². The Bertz CT molecular complexity index is 691. The Hall–Kier alpha value is -2.63. The van der Waals surface area contributed by atoms with Crippen LogP contribution in [-0.2, 0) is 7.05 Å². The molecule has 0 atom stereocenters. The molecule has 2 rings (SSSR count).